The number of allylic oxidation sites excluding steroid dienone is 4. The van der Waals surface area contributed by atoms with Gasteiger partial charge in [0.05, 0.1) is 15.2 Å². The Morgan fingerprint density at radius 3 is 1.89 bits per heavy atom. The molecule has 28 heavy (non-hydrogen) atoms. The lowest BCUT2D eigenvalue weighted by Gasteiger charge is -2.40. The van der Waals surface area contributed by atoms with Crippen molar-refractivity contribution in [2.45, 2.75) is 86.1 Å². The Morgan fingerprint density at radius 2 is 1.43 bits per heavy atom. The van der Waals surface area contributed by atoms with Gasteiger partial charge in [0, 0.05) is 0 Å². The van der Waals surface area contributed by atoms with Crippen molar-refractivity contribution in [2.24, 2.45) is 5.41 Å². The molecule has 0 unspecified atom stereocenters. The molecule has 0 atom stereocenters. The van der Waals surface area contributed by atoms with Crippen LogP contribution in [-0.4, -0.2) is 23.3 Å². The standard InChI is InChI=1S/C25H42OSi2/c1-18-16-21(23(26-8)22(17-18)28(11,12)25(5,6)7)27(9,10)20-15-13-14-19(20)24(2,3)4/h13-14,16-17H,15H2,1-12H3. The highest BCUT2D eigenvalue weighted by atomic mass is 28.3. The lowest BCUT2D eigenvalue weighted by Crippen LogP contribution is -2.54. The van der Waals surface area contributed by atoms with Crippen LogP contribution in [0.5, 0.6) is 5.75 Å². The summed E-state index contributed by atoms with van der Waals surface area (Å²) in [6, 6.07) is 4.84. The van der Waals surface area contributed by atoms with Crippen molar-refractivity contribution in [2.75, 3.05) is 7.11 Å². The smallest absolute Gasteiger partial charge is 0.117 e. The van der Waals surface area contributed by atoms with E-state index >= 15 is 0 Å². The number of rotatable bonds is 4. The summed E-state index contributed by atoms with van der Waals surface area (Å²) in [6.45, 7) is 26.5. The topological polar surface area (TPSA) is 9.23 Å². The molecule has 0 N–H and O–H groups in total. The molecule has 1 aliphatic carbocycles. The molecule has 3 heteroatoms. The van der Waals surface area contributed by atoms with Crippen LogP contribution in [0.1, 0.15) is 53.5 Å². The summed E-state index contributed by atoms with van der Waals surface area (Å²) in [5, 5.41) is 4.92. The van der Waals surface area contributed by atoms with Crippen LogP contribution in [0.15, 0.2) is 35.1 Å². The highest BCUT2D eigenvalue weighted by molar-refractivity contribution is 6.98. The van der Waals surface area contributed by atoms with Gasteiger partial charge in [0.25, 0.3) is 0 Å². The first-order valence-electron chi connectivity index (χ1n) is 10.7. The van der Waals surface area contributed by atoms with Gasteiger partial charge >= 0.3 is 0 Å². The third-order valence-corrected chi connectivity index (χ3v) is 16.3. The molecule has 0 radical (unpaired) electrons. The minimum Gasteiger partial charge on any atom is -0.497 e. The number of ether oxygens (including phenoxy) is 1. The van der Waals surface area contributed by atoms with Crippen molar-refractivity contribution in [3.05, 3.63) is 40.6 Å². The van der Waals surface area contributed by atoms with Gasteiger partial charge in [-0.3, -0.25) is 0 Å². The predicted octanol–water partition coefficient (Wildman–Crippen LogP) is 6.48. The maximum Gasteiger partial charge on any atom is 0.117 e. The summed E-state index contributed by atoms with van der Waals surface area (Å²) in [7, 11) is -1.71. The van der Waals surface area contributed by atoms with Gasteiger partial charge in [0.15, 0.2) is 0 Å². The van der Waals surface area contributed by atoms with E-state index in [-0.39, 0.29) is 10.5 Å². The normalized spacial score (nSPS) is 16.1. The zero-order valence-electron chi connectivity index (χ0n) is 20.4. The Hall–Kier alpha value is -1.07. The van der Waals surface area contributed by atoms with Gasteiger partial charge in [-0.25, -0.2) is 0 Å². The maximum atomic E-state index is 6.21. The lowest BCUT2D eigenvalue weighted by atomic mass is 9.87. The van der Waals surface area contributed by atoms with Crippen molar-refractivity contribution in [1.29, 1.82) is 0 Å². The van der Waals surface area contributed by atoms with E-state index in [2.05, 4.69) is 98.9 Å². The number of methoxy groups -OCH3 is 1. The second kappa shape index (κ2) is 7.32. The quantitative estimate of drug-likeness (QED) is 0.513. The van der Waals surface area contributed by atoms with E-state index in [9.17, 15) is 0 Å². The third kappa shape index (κ3) is 3.98. The fourth-order valence-corrected chi connectivity index (χ4v) is 10.1. The highest BCUT2D eigenvalue weighted by Gasteiger charge is 2.42. The van der Waals surface area contributed by atoms with Gasteiger partial charge in [-0.05, 0) is 39.7 Å². The zero-order chi connectivity index (χ0) is 21.7. The van der Waals surface area contributed by atoms with E-state index < -0.39 is 16.1 Å². The van der Waals surface area contributed by atoms with Crippen molar-refractivity contribution >= 4 is 26.5 Å². The second-order valence-corrected chi connectivity index (χ2v) is 21.3. The minimum atomic E-state index is -1.87. The molecule has 156 valence electrons. The molecule has 0 spiro atoms. The molecule has 0 fully saturated rings. The zero-order valence-corrected chi connectivity index (χ0v) is 22.4. The summed E-state index contributed by atoms with van der Waals surface area (Å²) in [4.78, 5) is 0. The van der Waals surface area contributed by atoms with Crippen molar-refractivity contribution in [3.8, 4) is 5.75 Å². The number of aryl methyl sites for hydroxylation is 1. The number of hydrogen-bond acceptors (Lipinski definition) is 1. The van der Waals surface area contributed by atoms with E-state index in [1.54, 1.807) is 10.8 Å². The van der Waals surface area contributed by atoms with Crippen LogP contribution in [0, 0.1) is 12.3 Å². The number of benzene rings is 1. The Balaban J connectivity index is 2.80. The molecule has 1 aliphatic rings. The fraction of sp³-hybridized carbons (Fsp3) is 0.600. The van der Waals surface area contributed by atoms with Gasteiger partial charge in [-0.2, -0.15) is 0 Å². The van der Waals surface area contributed by atoms with Gasteiger partial charge in [0.2, 0.25) is 0 Å². The second-order valence-electron chi connectivity index (χ2n) is 11.6. The number of hydrogen-bond donors (Lipinski definition) is 0. The molecule has 2 rings (SSSR count). The molecule has 0 aliphatic heterocycles. The molecule has 0 saturated heterocycles. The third-order valence-electron chi connectivity index (χ3n) is 7.15. The average Bonchev–Trinajstić information content (AvgIpc) is 3.03. The minimum absolute atomic E-state index is 0.186. The molecule has 1 aromatic rings. The van der Waals surface area contributed by atoms with E-state index in [1.165, 1.54) is 21.7 Å². The predicted molar refractivity (Wildman–Crippen MR) is 132 cm³/mol. The Kier molecular flexibility index (Phi) is 6.07. The van der Waals surface area contributed by atoms with E-state index in [4.69, 9.17) is 4.74 Å². The van der Waals surface area contributed by atoms with E-state index in [0.29, 0.717) is 0 Å². The summed E-state index contributed by atoms with van der Waals surface area (Å²) < 4.78 is 6.21. The fourth-order valence-electron chi connectivity index (χ4n) is 4.29. The van der Waals surface area contributed by atoms with Crippen molar-refractivity contribution in [1.82, 2.24) is 0 Å². The molecule has 0 heterocycles. The monoisotopic (exact) mass is 414 g/mol. The van der Waals surface area contributed by atoms with Crippen LogP contribution in [0.2, 0.25) is 31.2 Å². The van der Waals surface area contributed by atoms with Gasteiger partial charge < -0.3 is 4.74 Å². The van der Waals surface area contributed by atoms with Crippen LogP contribution >= 0.6 is 0 Å². The Bertz CT molecular complexity index is 812. The molecule has 1 nitrogen and oxygen atoms in total. The SMILES string of the molecule is COc1c([Si](C)(C)C2=C(C(C)(C)C)C=CC2)cc(C)cc1[Si](C)(C)C(C)(C)C. The first-order chi connectivity index (χ1) is 12.5. The van der Waals surface area contributed by atoms with Crippen LogP contribution in [-0.2, 0) is 0 Å². The molecule has 0 amide bonds. The summed E-state index contributed by atoms with van der Waals surface area (Å²) in [5.74, 6) is 1.18. The van der Waals surface area contributed by atoms with Gasteiger partial charge in [-0.1, -0.05) is 103 Å². The molecule has 0 aromatic heterocycles. The average molecular weight is 415 g/mol. The highest BCUT2D eigenvalue weighted by Crippen LogP contribution is 2.41. The molecular weight excluding hydrogens is 372 g/mol. The van der Waals surface area contributed by atoms with Crippen LogP contribution in [0.25, 0.3) is 0 Å². The first kappa shape index (κ1) is 23.2. The molecule has 0 saturated carbocycles. The maximum absolute atomic E-state index is 6.21. The largest absolute Gasteiger partial charge is 0.497 e. The molecular formula is C25H42OSi2. The summed E-state index contributed by atoms with van der Waals surface area (Å²) in [5.41, 5.74) is 3.10. The lowest BCUT2D eigenvalue weighted by molar-refractivity contribution is 0.420. The van der Waals surface area contributed by atoms with Crippen molar-refractivity contribution in [3.63, 3.8) is 0 Å². The van der Waals surface area contributed by atoms with Crippen LogP contribution in [0.4, 0.5) is 0 Å². The Labute approximate surface area is 176 Å². The summed E-state index contributed by atoms with van der Waals surface area (Å²) >= 11 is 0. The summed E-state index contributed by atoms with van der Waals surface area (Å²) in [6.07, 6.45) is 5.83. The van der Waals surface area contributed by atoms with E-state index in [0.717, 1.165) is 6.42 Å². The molecule has 1 aromatic carbocycles. The van der Waals surface area contributed by atoms with Crippen LogP contribution < -0.4 is 15.1 Å². The first-order valence-corrected chi connectivity index (χ1v) is 16.7. The van der Waals surface area contributed by atoms with E-state index in [1.807, 2.05) is 7.11 Å². The van der Waals surface area contributed by atoms with Gasteiger partial charge in [0.1, 0.15) is 13.8 Å². The van der Waals surface area contributed by atoms with Crippen LogP contribution in [0.3, 0.4) is 0 Å². The van der Waals surface area contributed by atoms with Crippen molar-refractivity contribution < 1.29 is 4.74 Å². The Morgan fingerprint density at radius 1 is 0.893 bits per heavy atom. The van der Waals surface area contributed by atoms with Gasteiger partial charge in [-0.15, -0.1) is 0 Å². The molecule has 0 bridgehead atoms.